The van der Waals surface area contributed by atoms with E-state index in [4.69, 9.17) is 0 Å². The molecular weight excluding hydrogens is 242 g/mol. The van der Waals surface area contributed by atoms with Gasteiger partial charge in [0.1, 0.15) is 0 Å². The van der Waals surface area contributed by atoms with Crippen LogP contribution in [0.4, 0.5) is 5.69 Å². The number of hydrogen-bond acceptors (Lipinski definition) is 5. The highest BCUT2D eigenvalue weighted by Gasteiger charge is 2.11. The van der Waals surface area contributed by atoms with E-state index < -0.39 is 0 Å². The second-order valence-electron chi connectivity index (χ2n) is 4.88. The van der Waals surface area contributed by atoms with E-state index in [1.165, 1.54) is 12.8 Å². The van der Waals surface area contributed by atoms with Crippen LogP contribution in [0.3, 0.4) is 0 Å². The number of aromatic nitrogens is 2. The Morgan fingerprint density at radius 3 is 2.74 bits per heavy atom. The topological polar surface area (TPSA) is 62.2 Å². The predicted molar refractivity (Wildman–Crippen MR) is 76.6 cm³/mol. The summed E-state index contributed by atoms with van der Waals surface area (Å²) in [6.45, 7) is 5.54. The van der Waals surface area contributed by atoms with Crippen LogP contribution in [0.25, 0.3) is 0 Å². The van der Waals surface area contributed by atoms with Crippen LogP contribution in [0.2, 0.25) is 0 Å². The first-order valence-electron chi connectivity index (χ1n) is 6.97. The molecule has 0 spiro atoms. The Hall–Kier alpha value is -1.40. The number of rotatable bonds is 7. The standard InChI is InChI=1S/C13H23N5O/c1-14-4-5-15-12-10-13(19)18(16-11-12)9-8-17-6-2-3-7-17/h10-11,14-15H,2-9H2,1H3. The Bertz CT molecular complexity index is 439. The van der Waals surface area contributed by atoms with E-state index in [9.17, 15) is 4.79 Å². The van der Waals surface area contributed by atoms with Crippen molar-refractivity contribution in [2.75, 3.05) is 45.1 Å². The molecule has 19 heavy (non-hydrogen) atoms. The molecule has 2 rings (SSSR count). The lowest BCUT2D eigenvalue weighted by molar-refractivity contribution is 0.312. The lowest BCUT2D eigenvalue weighted by atomic mass is 10.4. The Morgan fingerprint density at radius 1 is 1.26 bits per heavy atom. The van der Waals surface area contributed by atoms with Gasteiger partial charge in [-0.3, -0.25) is 4.79 Å². The van der Waals surface area contributed by atoms with E-state index in [1.54, 1.807) is 16.9 Å². The molecule has 1 aromatic rings. The van der Waals surface area contributed by atoms with Crippen LogP contribution in [0.15, 0.2) is 17.1 Å². The molecule has 0 radical (unpaired) electrons. The lowest BCUT2D eigenvalue weighted by Crippen LogP contribution is -2.30. The summed E-state index contributed by atoms with van der Waals surface area (Å²) in [5, 5.41) is 10.4. The fourth-order valence-electron chi connectivity index (χ4n) is 2.27. The fourth-order valence-corrected chi connectivity index (χ4v) is 2.27. The average molecular weight is 265 g/mol. The van der Waals surface area contributed by atoms with Crippen LogP contribution in [0, 0.1) is 0 Å². The van der Waals surface area contributed by atoms with Crippen molar-refractivity contribution in [3.8, 4) is 0 Å². The van der Waals surface area contributed by atoms with Crippen molar-refractivity contribution >= 4 is 5.69 Å². The molecule has 6 heteroatoms. The monoisotopic (exact) mass is 265 g/mol. The average Bonchev–Trinajstić information content (AvgIpc) is 2.91. The summed E-state index contributed by atoms with van der Waals surface area (Å²) in [6, 6.07) is 1.62. The molecule has 1 aromatic heterocycles. The SMILES string of the molecule is CNCCNc1cnn(CCN2CCCC2)c(=O)c1. The molecule has 2 N–H and O–H groups in total. The molecule has 0 amide bonds. The first-order chi connectivity index (χ1) is 9.29. The quantitative estimate of drug-likeness (QED) is 0.678. The van der Waals surface area contributed by atoms with Gasteiger partial charge in [0.05, 0.1) is 18.4 Å². The molecule has 6 nitrogen and oxygen atoms in total. The van der Waals surface area contributed by atoms with Crippen molar-refractivity contribution < 1.29 is 0 Å². The molecule has 0 bridgehead atoms. The summed E-state index contributed by atoms with van der Waals surface area (Å²) in [5.74, 6) is 0. The number of nitrogens with zero attached hydrogens (tertiary/aromatic N) is 3. The van der Waals surface area contributed by atoms with Gasteiger partial charge in [0.2, 0.25) is 0 Å². The molecule has 2 heterocycles. The summed E-state index contributed by atoms with van der Waals surface area (Å²) in [5.41, 5.74) is 0.756. The summed E-state index contributed by atoms with van der Waals surface area (Å²) < 4.78 is 1.54. The van der Waals surface area contributed by atoms with E-state index in [2.05, 4.69) is 20.6 Å². The van der Waals surface area contributed by atoms with E-state index in [0.717, 1.165) is 38.4 Å². The zero-order valence-corrected chi connectivity index (χ0v) is 11.6. The highest BCUT2D eigenvalue weighted by Crippen LogP contribution is 2.06. The summed E-state index contributed by atoms with van der Waals surface area (Å²) in [7, 11) is 1.90. The second-order valence-corrected chi connectivity index (χ2v) is 4.88. The van der Waals surface area contributed by atoms with E-state index in [0.29, 0.717) is 6.54 Å². The van der Waals surface area contributed by atoms with Gasteiger partial charge in [-0.1, -0.05) is 0 Å². The molecular formula is C13H23N5O. The van der Waals surface area contributed by atoms with Crippen LogP contribution in [-0.4, -0.2) is 54.5 Å². The van der Waals surface area contributed by atoms with Crippen LogP contribution in [0.1, 0.15) is 12.8 Å². The van der Waals surface area contributed by atoms with Crippen molar-refractivity contribution in [2.45, 2.75) is 19.4 Å². The van der Waals surface area contributed by atoms with Gasteiger partial charge in [0, 0.05) is 25.7 Å². The first kappa shape index (κ1) is 14.0. The third kappa shape index (κ3) is 4.33. The Morgan fingerprint density at radius 2 is 2.05 bits per heavy atom. The summed E-state index contributed by atoms with van der Waals surface area (Å²) in [6.07, 6.45) is 4.27. The smallest absolute Gasteiger partial charge is 0.268 e. The van der Waals surface area contributed by atoms with Crippen LogP contribution >= 0.6 is 0 Å². The van der Waals surface area contributed by atoms with Crippen molar-refractivity contribution in [1.82, 2.24) is 20.0 Å². The normalized spacial score (nSPS) is 15.8. The zero-order chi connectivity index (χ0) is 13.5. The molecule has 1 aliphatic heterocycles. The van der Waals surface area contributed by atoms with Crippen LogP contribution in [-0.2, 0) is 6.54 Å². The lowest BCUT2D eigenvalue weighted by Gasteiger charge is -2.14. The highest BCUT2D eigenvalue weighted by molar-refractivity contribution is 5.38. The minimum Gasteiger partial charge on any atom is -0.382 e. The molecule has 1 aliphatic rings. The van der Waals surface area contributed by atoms with Gasteiger partial charge in [-0.15, -0.1) is 0 Å². The minimum atomic E-state index is -0.0337. The maximum Gasteiger partial charge on any atom is 0.268 e. The molecule has 0 saturated carbocycles. The van der Waals surface area contributed by atoms with Crippen molar-refractivity contribution in [3.05, 3.63) is 22.6 Å². The maximum atomic E-state index is 11.9. The van der Waals surface area contributed by atoms with Crippen LogP contribution < -0.4 is 16.2 Å². The third-order valence-electron chi connectivity index (χ3n) is 3.40. The number of anilines is 1. The molecule has 0 atom stereocenters. The van der Waals surface area contributed by atoms with E-state index in [-0.39, 0.29) is 5.56 Å². The summed E-state index contributed by atoms with van der Waals surface area (Å²) in [4.78, 5) is 14.3. The fraction of sp³-hybridized carbons (Fsp3) is 0.692. The summed E-state index contributed by atoms with van der Waals surface area (Å²) >= 11 is 0. The van der Waals surface area contributed by atoms with E-state index in [1.807, 2.05) is 7.05 Å². The Labute approximate surface area is 113 Å². The van der Waals surface area contributed by atoms with Gasteiger partial charge < -0.3 is 15.5 Å². The second kappa shape index (κ2) is 7.25. The van der Waals surface area contributed by atoms with E-state index >= 15 is 0 Å². The van der Waals surface area contributed by atoms with Crippen LogP contribution in [0.5, 0.6) is 0 Å². The van der Waals surface area contributed by atoms with Gasteiger partial charge in [0.15, 0.2) is 0 Å². The third-order valence-corrected chi connectivity index (χ3v) is 3.40. The molecule has 0 aromatic carbocycles. The van der Waals surface area contributed by atoms with Gasteiger partial charge in [-0.2, -0.15) is 5.10 Å². The molecule has 1 saturated heterocycles. The van der Waals surface area contributed by atoms with Gasteiger partial charge >= 0.3 is 0 Å². The highest BCUT2D eigenvalue weighted by atomic mass is 16.1. The van der Waals surface area contributed by atoms with Gasteiger partial charge in [-0.25, -0.2) is 4.68 Å². The zero-order valence-electron chi connectivity index (χ0n) is 11.6. The number of likely N-dealkylation sites (N-methyl/N-ethyl adjacent to an activating group) is 1. The molecule has 0 unspecified atom stereocenters. The molecule has 1 fully saturated rings. The Balaban J connectivity index is 1.85. The minimum absolute atomic E-state index is 0.0337. The number of hydrogen-bond donors (Lipinski definition) is 2. The van der Waals surface area contributed by atoms with Gasteiger partial charge in [-0.05, 0) is 33.0 Å². The van der Waals surface area contributed by atoms with Crippen molar-refractivity contribution in [3.63, 3.8) is 0 Å². The number of likely N-dealkylation sites (tertiary alicyclic amines) is 1. The molecule has 0 aliphatic carbocycles. The predicted octanol–water partition coefficient (Wildman–Crippen LogP) is -0.0296. The van der Waals surface area contributed by atoms with Gasteiger partial charge in [0.25, 0.3) is 5.56 Å². The largest absolute Gasteiger partial charge is 0.382 e. The Kier molecular flexibility index (Phi) is 5.35. The van der Waals surface area contributed by atoms with Crippen molar-refractivity contribution in [1.29, 1.82) is 0 Å². The molecule has 106 valence electrons. The maximum absolute atomic E-state index is 11.9. The number of nitrogens with one attached hydrogen (secondary N) is 2. The van der Waals surface area contributed by atoms with Crippen molar-refractivity contribution in [2.24, 2.45) is 0 Å². The first-order valence-corrected chi connectivity index (χ1v) is 6.97.